The molecule has 1 aromatic rings. The van der Waals surface area contributed by atoms with Crippen LogP contribution in [-0.2, 0) is 0 Å². The second kappa shape index (κ2) is 5.82. The van der Waals surface area contributed by atoms with Gasteiger partial charge in [-0.15, -0.1) is 12.3 Å². The monoisotopic (exact) mass is 202 g/mol. The molecule has 0 saturated carbocycles. The number of hydrogen-bond acceptors (Lipinski definition) is 2. The zero-order valence-corrected chi connectivity index (χ0v) is 8.79. The van der Waals surface area contributed by atoms with Gasteiger partial charge in [-0.05, 0) is 25.0 Å². The van der Waals surface area contributed by atoms with Crippen molar-refractivity contribution >= 4 is 5.91 Å². The van der Waals surface area contributed by atoms with E-state index in [0.29, 0.717) is 18.7 Å². The van der Waals surface area contributed by atoms with E-state index in [1.165, 1.54) is 0 Å². The maximum absolute atomic E-state index is 11.6. The molecule has 0 aliphatic heterocycles. The second-order valence-corrected chi connectivity index (χ2v) is 3.23. The van der Waals surface area contributed by atoms with Gasteiger partial charge >= 0.3 is 0 Å². The topological polar surface area (TPSA) is 42.0 Å². The molecule has 0 saturated heterocycles. The van der Waals surface area contributed by atoms with Crippen molar-refractivity contribution in [3.05, 3.63) is 29.6 Å². The smallest absolute Gasteiger partial charge is 0.270 e. The molecule has 0 atom stereocenters. The van der Waals surface area contributed by atoms with E-state index in [2.05, 4.69) is 16.2 Å². The standard InChI is InChI=1S/C12H14N2O/c1-3-4-5-8-14-12(15)11-10(2)7-6-9-13-11/h1,6-7,9H,4-5,8H2,2H3,(H,14,15). The summed E-state index contributed by atoms with van der Waals surface area (Å²) in [5, 5.41) is 2.78. The van der Waals surface area contributed by atoms with Crippen molar-refractivity contribution in [1.82, 2.24) is 10.3 Å². The van der Waals surface area contributed by atoms with Crippen molar-refractivity contribution < 1.29 is 4.79 Å². The first kappa shape index (κ1) is 11.3. The molecule has 0 unspecified atom stereocenters. The average molecular weight is 202 g/mol. The molecule has 3 nitrogen and oxygen atoms in total. The summed E-state index contributed by atoms with van der Waals surface area (Å²) in [5.74, 6) is 2.39. The van der Waals surface area contributed by atoms with Crippen LogP contribution in [0.15, 0.2) is 18.3 Å². The number of aromatic nitrogens is 1. The quantitative estimate of drug-likeness (QED) is 0.594. The average Bonchev–Trinajstić information content (AvgIpc) is 2.25. The normalized spacial score (nSPS) is 9.33. The first-order valence-corrected chi connectivity index (χ1v) is 4.89. The molecule has 0 aliphatic carbocycles. The first-order chi connectivity index (χ1) is 7.25. The number of hydrogen-bond donors (Lipinski definition) is 1. The van der Waals surface area contributed by atoms with Crippen LogP contribution >= 0.6 is 0 Å². The van der Waals surface area contributed by atoms with E-state index in [1.54, 1.807) is 6.20 Å². The molecule has 0 spiro atoms. The van der Waals surface area contributed by atoms with Crippen molar-refractivity contribution in [2.75, 3.05) is 6.54 Å². The highest BCUT2D eigenvalue weighted by molar-refractivity contribution is 5.93. The molecule has 78 valence electrons. The highest BCUT2D eigenvalue weighted by Gasteiger charge is 2.08. The minimum atomic E-state index is -0.134. The third kappa shape index (κ3) is 3.43. The van der Waals surface area contributed by atoms with Gasteiger partial charge in [0.2, 0.25) is 0 Å². The van der Waals surface area contributed by atoms with Crippen LogP contribution in [0.25, 0.3) is 0 Å². The molecule has 0 fully saturated rings. The number of pyridine rings is 1. The maximum Gasteiger partial charge on any atom is 0.270 e. The summed E-state index contributed by atoms with van der Waals surface area (Å²) in [6.45, 7) is 2.46. The third-order valence-corrected chi connectivity index (χ3v) is 2.01. The van der Waals surface area contributed by atoms with Crippen LogP contribution in [0.3, 0.4) is 0 Å². The molecule has 0 aliphatic rings. The summed E-state index contributed by atoms with van der Waals surface area (Å²) in [7, 11) is 0. The Morgan fingerprint density at radius 3 is 3.13 bits per heavy atom. The van der Waals surface area contributed by atoms with Crippen molar-refractivity contribution in [1.29, 1.82) is 0 Å². The Morgan fingerprint density at radius 1 is 1.67 bits per heavy atom. The summed E-state index contributed by atoms with van der Waals surface area (Å²) in [6, 6.07) is 3.67. The van der Waals surface area contributed by atoms with Crippen LogP contribution in [0.4, 0.5) is 0 Å². The number of terminal acetylenes is 1. The van der Waals surface area contributed by atoms with Crippen LogP contribution in [0.1, 0.15) is 28.9 Å². The lowest BCUT2D eigenvalue weighted by atomic mass is 10.2. The molecule has 1 aromatic heterocycles. The molecule has 0 radical (unpaired) electrons. The molecule has 1 heterocycles. The van der Waals surface area contributed by atoms with E-state index in [1.807, 2.05) is 19.1 Å². The van der Waals surface area contributed by atoms with Gasteiger partial charge in [0.15, 0.2) is 0 Å². The predicted molar refractivity (Wildman–Crippen MR) is 59.4 cm³/mol. The lowest BCUT2D eigenvalue weighted by Crippen LogP contribution is -2.26. The number of nitrogens with zero attached hydrogens (tertiary/aromatic N) is 1. The van der Waals surface area contributed by atoms with E-state index in [9.17, 15) is 4.79 Å². The minimum Gasteiger partial charge on any atom is -0.351 e. The Balaban J connectivity index is 2.48. The second-order valence-electron chi connectivity index (χ2n) is 3.23. The van der Waals surface area contributed by atoms with Crippen molar-refractivity contribution in [2.45, 2.75) is 19.8 Å². The van der Waals surface area contributed by atoms with Gasteiger partial charge in [-0.2, -0.15) is 0 Å². The van der Waals surface area contributed by atoms with Crippen molar-refractivity contribution in [2.24, 2.45) is 0 Å². The van der Waals surface area contributed by atoms with E-state index >= 15 is 0 Å². The lowest BCUT2D eigenvalue weighted by Gasteiger charge is -2.05. The number of nitrogens with one attached hydrogen (secondary N) is 1. The summed E-state index contributed by atoms with van der Waals surface area (Å²) in [6.07, 6.45) is 8.20. The van der Waals surface area contributed by atoms with Crippen LogP contribution < -0.4 is 5.32 Å². The van der Waals surface area contributed by atoms with Crippen LogP contribution in [-0.4, -0.2) is 17.4 Å². The summed E-state index contributed by atoms with van der Waals surface area (Å²) < 4.78 is 0. The Morgan fingerprint density at radius 2 is 2.47 bits per heavy atom. The fourth-order valence-electron chi connectivity index (χ4n) is 1.20. The Labute approximate surface area is 89.9 Å². The maximum atomic E-state index is 11.6. The highest BCUT2D eigenvalue weighted by Crippen LogP contribution is 2.02. The number of rotatable bonds is 4. The van der Waals surface area contributed by atoms with Gasteiger partial charge in [0.1, 0.15) is 5.69 Å². The molecule has 1 rings (SSSR count). The van der Waals surface area contributed by atoms with Crippen molar-refractivity contribution in [3.8, 4) is 12.3 Å². The number of carbonyl (C=O) groups excluding carboxylic acids is 1. The first-order valence-electron chi connectivity index (χ1n) is 4.89. The Kier molecular flexibility index (Phi) is 4.36. The van der Waals surface area contributed by atoms with Crippen LogP contribution in [0.5, 0.6) is 0 Å². The van der Waals surface area contributed by atoms with E-state index in [0.717, 1.165) is 12.0 Å². The molecule has 15 heavy (non-hydrogen) atoms. The van der Waals surface area contributed by atoms with Gasteiger partial charge in [-0.1, -0.05) is 6.07 Å². The van der Waals surface area contributed by atoms with Gasteiger partial charge < -0.3 is 5.32 Å². The zero-order valence-electron chi connectivity index (χ0n) is 8.79. The number of carbonyl (C=O) groups is 1. The Bertz CT molecular complexity index is 379. The summed E-state index contributed by atoms with van der Waals surface area (Å²) >= 11 is 0. The molecule has 1 N–H and O–H groups in total. The van der Waals surface area contributed by atoms with E-state index in [-0.39, 0.29) is 5.91 Å². The van der Waals surface area contributed by atoms with Gasteiger partial charge in [0.05, 0.1) is 0 Å². The number of unbranched alkanes of at least 4 members (excludes halogenated alkanes) is 1. The zero-order chi connectivity index (χ0) is 11.1. The highest BCUT2D eigenvalue weighted by atomic mass is 16.1. The largest absolute Gasteiger partial charge is 0.351 e. The number of amides is 1. The van der Waals surface area contributed by atoms with Crippen LogP contribution in [0, 0.1) is 19.3 Å². The molecular formula is C12H14N2O. The molecule has 1 amide bonds. The fourth-order valence-corrected chi connectivity index (χ4v) is 1.20. The van der Waals surface area contributed by atoms with E-state index < -0.39 is 0 Å². The minimum absolute atomic E-state index is 0.134. The van der Waals surface area contributed by atoms with E-state index in [4.69, 9.17) is 6.42 Å². The molecule has 3 heteroatoms. The summed E-state index contributed by atoms with van der Waals surface area (Å²) in [4.78, 5) is 15.6. The number of aryl methyl sites for hydroxylation is 1. The van der Waals surface area contributed by atoms with Gasteiger partial charge in [-0.3, -0.25) is 9.78 Å². The van der Waals surface area contributed by atoms with Gasteiger partial charge in [0, 0.05) is 19.2 Å². The Hall–Kier alpha value is -1.82. The molecular weight excluding hydrogens is 188 g/mol. The van der Waals surface area contributed by atoms with Gasteiger partial charge in [0.25, 0.3) is 5.91 Å². The van der Waals surface area contributed by atoms with Crippen molar-refractivity contribution in [3.63, 3.8) is 0 Å². The molecule has 0 bridgehead atoms. The van der Waals surface area contributed by atoms with Crippen LogP contribution in [0.2, 0.25) is 0 Å². The fraction of sp³-hybridized carbons (Fsp3) is 0.333. The SMILES string of the molecule is C#CCCCNC(=O)c1ncccc1C. The third-order valence-electron chi connectivity index (χ3n) is 2.01. The predicted octanol–water partition coefficient (Wildman–Crippen LogP) is 1.53. The lowest BCUT2D eigenvalue weighted by molar-refractivity contribution is 0.0947. The molecule has 0 aromatic carbocycles. The summed E-state index contributed by atoms with van der Waals surface area (Å²) in [5.41, 5.74) is 1.37. The van der Waals surface area contributed by atoms with Gasteiger partial charge in [-0.25, -0.2) is 0 Å².